The van der Waals surface area contributed by atoms with Gasteiger partial charge in [0.05, 0.1) is 23.3 Å². The molecule has 0 saturated carbocycles. The number of benzene rings is 2. The van der Waals surface area contributed by atoms with Crippen LogP contribution in [-0.4, -0.2) is 0 Å². The molecule has 0 aliphatic heterocycles. The first-order chi connectivity index (χ1) is 11.7. The summed E-state index contributed by atoms with van der Waals surface area (Å²) in [6.45, 7) is 1.63. The largest absolute Gasteiger partial charge is 0.193 e. The summed E-state index contributed by atoms with van der Waals surface area (Å²) in [7, 11) is 0. The minimum absolute atomic E-state index is 0.381. The topological polar surface area (TPSA) is 71.4 Å². The molecule has 0 aliphatic carbocycles. The maximum Gasteiger partial charge on any atom is 0.101 e. The molecule has 2 aromatic carbocycles. The van der Waals surface area contributed by atoms with Crippen molar-refractivity contribution in [1.29, 1.82) is 15.8 Å². The Morgan fingerprint density at radius 1 is 0.875 bits per heavy atom. The van der Waals surface area contributed by atoms with Crippen molar-refractivity contribution in [3.05, 3.63) is 82.9 Å². The van der Waals surface area contributed by atoms with Gasteiger partial charge in [0.25, 0.3) is 0 Å². The lowest BCUT2D eigenvalue weighted by Gasteiger charge is -2.04. The van der Waals surface area contributed by atoms with E-state index in [1.165, 1.54) is 0 Å². The van der Waals surface area contributed by atoms with Crippen molar-refractivity contribution in [3.63, 3.8) is 0 Å². The predicted octanol–water partition coefficient (Wildman–Crippen LogP) is 4.66. The van der Waals surface area contributed by atoms with Gasteiger partial charge in [0.15, 0.2) is 0 Å². The van der Waals surface area contributed by atoms with E-state index >= 15 is 0 Å². The Balaban J connectivity index is 2.31. The van der Waals surface area contributed by atoms with E-state index in [0.29, 0.717) is 23.1 Å². The van der Waals surface area contributed by atoms with E-state index in [1.807, 2.05) is 66.7 Å². The van der Waals surface area contributed by atoms with Crippen LogP contribution in [0.5, 0.6) is 0 Å². The predicted molar refractivity (Wildman–Crippen MR) is 94.0 cm³/mol. The van der Waals surface area contributed by atoms with Gasteiger partial charge in [0, 0.05) is 5.57 Å². The molecule has 0 spiro atoms. The van der Waals surface area contributed by atoms with Crippen LogP contribution in [0.1, 0.15) is 23.6 Å². The van der Waals surface area contributed by atoms with Crippen LogP contribution < -0.4 is 0 Å². The van der Waals surface area contributed by atoms with Crippen molar-refractivity contribution in [3.8, 4) is 18.2 Å². The lowest BCUT2D eigenvalue weighted by molar-refractivity contribution is 1.26. The first kappa shape index (κ1) is 16.8. The van der Waals surface area contributed by atoms with Gasteiger partial charge in [-0.2, -0.15) is 15.8 Å². The summed E-state index contributed by atoms with van der Waals surface area (Å²) in [5, 5.41) is 27.6. The lowest BCUT2D eigenvalue weighted by Crippen LogP contribution is -1.90. The van der Waals surface area contributed by atoms with Gasteiger partial charge in [-0.05, 0) is 30.0 Å². The summed E-state index contributed by atoms with van der Waals surface area (Å²) in [5.74, 6) is 0. The van der Waals surface area contributed by atoms with Crippen LogP contribution in [0.4, 0.5) is 0 Å². The molecule has 0 amide bonds. The Kier molecular flexibility index (Phi) is 5.68. The van der Waals surface area contributed by atoms with E-state index in [4.69, 9.17) is 5.26 Å². The molecule has 0 fully saturated rings. The van der Waals surface area contributed by atoms with Gasteiger partial charge in [-0.15, -0.1) is 0 Å². The zero-order valence-corrected chi connectivity index (χ0v) is 13.3. The molecule has 2 aromatic rings. The van der Waals surface area contributed by atoms with Gasteiger partial charge >= 0.3 is 0 Å². The maximum atomic E-state index is 9.34. The smallest absolute Gasteiger partial charge is 0.101 e. The monoisotopic (exact) mass is 309 g/mol. The van der Waals surface area contributed by atoms with Gasteiger partial charge in [-0.1, -0.05) is 60.7 Å². The Labute approximate surface area is 142 Å². The third-order valence-electron chi connectivity index (χ3n) is 3.62. The number of nitrogens with zero attached hydrogens (tertiary/aromatic N) is 3. The molecule has 0 saturated heterocycles. The average Bonchev–Trinajstić information content (AvgIpc) is 2.64. The first-order valence-electron chi connectivity index (χ1n) is 7.45. The molecule has 0 atom stereocenters. The van der Waals surface area contributed by atoms with Crippen LogP contribution in [-0.2, 0) is 6.42 Å². The van der Waals surface area contributed by atoms with E-state index < -0.39 is 0 Å². The molecule has 114 valence electrons. The molecule has 0 aliphatic rings. The summed E-state index contributed by atoms with van der Waals surface area (Å²) < 4.78 is 0. The molecule has 2 rings (SSSR count). The molecular weight excluding hydrogens is 294 g/mol. The van der Waals surface area contributed by atoms with Crippen LogP contribution in [0.3, 0.4) is 0 Å². The van der Waals surface area contributed by atoms with Crippen LogP contribution in [0.15, 0.2) is 66.2 Å². The van der Waals surface area contributed by atoms with E-state index in [1.54, 1.807) is 6.92 Å². The highest BCUT2D eigenvalue weighted by Gasteiger charge is 2.06. The van der Waals surface area contributed by atoms with Crippen LogP contribution in [0.25, 0.3) is 11.1 Å². The Morgan fingerprint density at radius 2 is 1.58 bits per heavy atom. The summed E-state index contributed by atoms with van der Waals surface area (Å²) in [6.07, 6.45) is 2.46. The number of nitriles is 3. The Morgan fingerprint density at radius 3 is 2.21 bits per heavy atom. The second-order valence-electron chi connectivity index (χ2n) is 5.22. The molecule has 3 heteroatoms. The molecule has 24 heavy (non-hydrogen) atoms. The van der Waals surface area contributed by atoms with E-state index in [-0.39, 0.29) is 0 Å². The summed E-state index contributed by atoms with van der Waals surface area (Å²) >= 11 is 0. The summed E-state index contributed by atoms with van der Waals surface area (Å²) in [4.78, 5) is 0. The lowest BCUT2D eigenvalue weighted by atomic mass is 9.98. The average molecular weight is 309 g/mol. The second kappa shape index (κ2) is 8.14. The molecule has 3 nitrogen and oxygen atoms in total. The zero-order valence-electron chi connectivity index (χ0n) is 13.3. The van der Waals surface area contributed by atoms with Gasteiger partial charge in [0.2, 0.25) is 0 Å². The fraction of sp³-hybridized carbons (Fsp3) is 0.0952. The zero-order chi connectivity index (χ0) is 17.4. The van der Waals surface area contributed by atoms with Crippen LogP contribution in [0.2, 0.25) is 0 Å². The van der Waals surface area contributed by atoms with Gasteiger partial charge in [0.1, 0.15) is 6.07 Å². The van der Waals surface area contributed by atoms with Gasteiger partial charge in [-0.25, -0.2) is 0 Å². The van der Waals surface area contributed by atoms with Gasteiger partial charge < -0.3 is 0 Å². The van der Waals surface area contributed by atoms with Crippen molar-refractivity contribution in [2.24, 2.45) is 0 Å². The number of hydrogen-bond donors (Lipinski definition) is 0. The number of allylic oxidation sites excluding steroid dienone is 4. The third kappa shape index (κ3) is 3.98. The molecule has 0 aromatic heterocycles. The summed E-state index contributed by atoms with van der Waals surface area (Å²) in [5.41, 5.74) is 3.98. The Hall–Kier alpha value is -3.61. The van der Waals surface area contributed by atoms with Crippen LogP contribution >= 0.6 is 0 Å². The van der Waals surface area contributed by atoms with Crippen molar-refractivity contribution in [2.75, 3.05) is 0 Å². The molecule has 0 bridgehead atoms. The standard InChI is InChI=1S/C21H15N3/c1-16(13-22)21(15-24)19-9-5-6-17(12-19)10-11-20(14-23)18-7-3-2-4-8-18/h2-9,11-12H,10H2,1H3/b20-11+,21-16-. The highest BCUT2D eigenvalue weighted by Crippen LogP contribution is 2.20. The SMILES string of the molecule is C/C(C#N)=C(\C#N)c1cccc(C/C=C(\C#N)c2ccccc2)c1. The Bertz CT molecular complexity index is 914. The molecule has 0 radical (unpaired) electrons. The highest BCUT2D eigenvalue weighted by atomic mass is 14.3. The van der Waals surface area contributed by atoms with Crippen molar-refractivity contribution >= 4 is 11.1 Å². The third-order valence-corrected chi connectivity index (χ3v) is 3.62. The van der Waals surface area contributed by atoms with Gasteiger partial charge in [-0.3, -0.25) is 0 Å². The quantitative estimate of drug-likeness (QED) is 0.771. The minimum atomic E-state index is 0.381. The minimum Gasteiger partial charge on any atom is -0.193 e. The fourth-order valence-electron chi connectivity index (χ4n) is 2.34. The molecule has 0 N–H and O–H groups in total. The number of hydrogen-bond acceptors (Lipinski definition) is 3. The van der Waals surface area contributed by atoms with E-state index in [0.717, 1.165) is 16.7 Å². The van der Waals surface area contributed by atoms with Crippen molar-refractivity contribution < 1.29 is 0 Å². The highest BCUT2D eigenvalue weighted by molar-refractivity contribution is 5.81. The maximum absolute atomic E-state index is 9.34. The van der Waals surface area contributed by atoms with Crippen LogP contribution in [0, 0.1) is 34.0 Å². The molecular formula is C21H15N3. The van der Waals surface area contributed by atoms with E-state index in [9.17, 15) is 10.5 Å². The van der Waals surface area contributed by atoms with Crippen molar-refractivity contribution in [1.82, 2.24) is 0 Å². The summed E-state index contributed by atoms with van der Waals surface area (Å²) in [6, 6.07) is 23.3. The van der Waals surface area contributed by atoms with E-state index in [2.05, 4.69) is 12.1 Å². The second-order valence-corrected chi connectivity index (χ2v) is 5.22. The normalized spacial score (nSPS) is 11.7. The van der Waals surface area contributed by atoms with Crippen molar-refractivity contribution in [2.45, 2.75) is 13.3 Å². The molecule has 0 unspecified atom stereocenters. The molecule has 0 heterocycles. The number of rotatable bonds is 4. The first-order valence-corrected chi connectivity index (χ1v) is 7.45. The fourth-order valence-corrected chi connectivity index (χ4v) is 2.34.